The lowest BCUT2D eigenvalue weighted by Crippen LogP contribution is -2.19. The maximum atomic E-state index is 12.3. The summed E-state index contributed by atoms with van der Waals surface area (Å²) in [5.41, 5.74) is 1.30. The number of nitrogens with one attached hydrogen (secondary N) is 1. The third-order valence-electron chi connectivity index (χ3n) is 2.21. The highest BCUT2D eigenvalue weighted by Gasteiger charge is 2.30. The standard InChI is InChI=1S/C12H15F3N2OS/c1-8(16)6-7-11(18)17-9-4-2-3-5-10(9)19-12(13,14)15/h2-5,8H,6-7,16H2,1H3,(H,17,18). The van der Waals surface area contributed by atoms with Gasteiger partial charge in [0.05, 0.1) is 5.69 Å². The van der Waals surface area contributed by atoms with Crippen molar-refractivity contribution >= 4 is 23.4 Å². The van der Waals surface area contributed by atoms with Crippen molar-refractivity contribution < 1.29 is 18.0 Å². The highest BCUT2D eigenvalue weighted by atomic mass is 32.2. The molecule has 0 saturated carbocycles. The van der Waals surface area contributed by atoms with E-state index in [4.69, 9.17) is 5.73 Å². The van der Waals surface area contributed by atoms with Crippen molar-refractivity contribution in [3.8, 4) is 0 Å². The first-order valence-corrected chi connectivity index (χ1v) is 6.50. The molecule has 106 valence electrons. The van der Waals surface area contributed by atoms with Crippen LogP contribution in [0, 0.1) is 0 Å². The van der Waals surface area contributed by atoms with E-state index in [9.17, 15) is 18.0 Å². The van der Waals surface area contributed by atoms with Gasteiger partial charge in [0.15, 0.2) is 0 Å². The summed E-state index contributed by atoms with van der Waals surface area (Å²) >= 11 is -0.246. The fraction of sp³-hybridized carbons (Fsp3) is 0.417. The number of alkyl halides is 3. The maximum Gasteiger partial charge on any atom is 0.446 e. The van der Waals surface area contributed by atoms with E-state index >= 15 is 0 Å². The molecular weight excluding hydrogens is 277 g/mol. The molecule has 0 fully saturated rings. The third-order valence-corrected chi connectivity index (χ3v) is 3.02. The summed E-state index contributed by atoms with van der Waals surface area (Å²) in [5, 5.41) is 2.47. The summed E-state index contributed by atoms with van der Waals surface area (Å²) in [6, 6.07) is 5.70. The molecule has 3 nitrogen and oxygen atoms in total. The topological polar surface area (TPSA) is 55.1 Å². The predicted molar refractivity (Wildman–Crippen MR) is 69.9 cm³/mol. The first-order chi connectivity index (χ1) is 8.78. The van der Waals surface area contributed by atoms with Crippen molar-refractivity contribution in [2.45, 2.75) is 36.2 Å². The molecule has 3 N–H and O–H groups in total. The highest BCUT2D eigenvalue weighted by molar-refractivity contribution is 8.00. The minimum Gasteiger partial charge on any atom is -0.328 e. The first kappa shape index (κ1) is 15.8. The van der Waals surface area contributed by atoms with E-state index in [1.165, 1.54) is 18.2 Å². The summed E-state index contributed by atoms with van der Waals surface area (Å²) in [7, 11) is 0. The largest absolute Gasteiger partial charge is 0.446 e. The predicted octanol–water partition coefficient (Wildman–Crippen LogP) is 3.36. The summed E-state index contributed by atoms with van der Waals surface area (Å²) in [4.78, 5) is 11.6. The molecule has 1 atom stereocenters. The molecule has 0 aromatic heterocycles. The Bertz CT molecular complexity index is 435. The van der Waals surface area contributed by atoms with Crippen molar-refractivity contribution in [2.75, 3.05) is 5.32 Å². The van der Waals surface area contributed by atoms with Crippen LogP contribution in [0.3, 0.4) is 0 Å². The average Bonchev–Trinajstić information content (AvgIpc) is 2.27. The maximum absolute atomic E-state index is 12.3. The number of rotatable bonds is 5. The summed E-state index contributed by atoms with van der Waals surface area (Å²) < 4.78 is 37.0. The van der Waals surface area contributed by atoms with Crippen LogP contribution in [0.5, 0.6) is 0 Å². The molecule has 0 radical (unpaired) electrons. The summed E-state index contributed by atoms with van der Waals surface area (Å²) in [6.07, 6.45) is 0.670. The molecule has 1 aromatic rings. The van der Waals surface area contributed by atoms with Gasteiger partial charge in [-0.15, -0.1) is 0 Å². The summed E-state index contributed by atoms with van der Waals surface area (Å²) in [6.45, 7) is 1.76. The van der Waals surface area contributed by atoms with Crippen molar-refractivity contribution in [2.24, 2.45) is 5.73 Å². The number of hydrogen-bond acceptors (Lipinski definition) is 3. The Hall–Kier alpha value is -1.21. The zero-order chi connectivity index (χ0) is 14.5. The van der Waals surface area contributed by atoms with Crippen LogP contribution < -0.4 is 11.1 Å². The molecule has 0 heterocycles. The number of para-hydroxylation sites is 1. The Balaban J connectivity index is 2.70. The molecule has 1 unspecified atom stereocenters. The van der Waals surface area contributed by atoms with E-state index in [1.54, 1.807) is 13.0 Å². The van der Waals surface area contributed by atoms with Gasteiger partial charge in [0.2, 0.25) is 5.91 Å². The Morgan fingerprint density at radius 3 is 2.63 bits per heavy atom. The van der Waals surface area contributed by atoms with Crippen LogP contribution in [0.25, 0.3) is 0 Å². The number of halogens is 3. The average molecular weight is 292 g/mol. The number of amides is 1. The van der Waals surface area contributed by atoms with Crippen LogP contribution in [0.4, 0.5) is 18.9 Å². The fourth-order valence-electron chi connectivity index (χ4n) is 1.36. The molecule has 1 amide bonds. The lowest BCUT2D eigenvalue weighted by Gasteiger charge is -2.12. The van der Waals surface area contributed by atoms with E-state index in [2.05, 4.69) is 5.32 Å². The van der Waals surface area contributed by atoms with Crippen molar-refractivity contribution in [1.82, 2.24) is 0 Å². The fourth-order valence-corrected chi connectivity index (χ4v) is 1.98. The zero-order valence-corrected chi connectivity index (χ0v) is 11.1. The van der Waals surface area contributed by atoms with Crippen LogP contribution in [-0.2, 0) is 4.79 Å². The normalized spacial score (nSPS) is 13.1. The molecular formula is C12H15F3N2OS. The van der Waals surface area contributed by atoms with Gasteiger partial charge in [-0.2, -0.15) is 13.2 Å². The summed E-state index contributed by atoms with van der Waals surface area (Å²) in [5.74, 6) is -0.340. The van der Waals surface area contributed by atoms with Gasteiger partial charge in [-0.05, 0) is 37.2 Å². The van der Waals surface area contributed by atoms with E-state index < -0.39 is 5.51 Å². The molecule has 0 aliphatic carbocycles. The van der Waals surface area contributed by atoms with Gasteiger partial charge in [0, 0.05) is 17.4 Å². The van der Waals surface area contributed by atoms with Crippen LogP contribution >= 0.6 is 11.8 Å². The van der Waals surface area contributed by atoms with Gasteiger partial charge in [-0.3, -0.25) is 4.79 Å². The van der Waals surface area contributed by atoms with E-state index in [0.717, 1.165) is 0 Å². The number of carbonyl (C=O) groups excluding carboxylic acids is 1. The Labute approximate surface area is 113 Å². The molecule has 1 aromatic carbocycles. The van der Waals surface area contributed by atoms with Gasteiger partial charge < -0.3 is 11.1 Å². The van der Waals surface area contributed by atoms with Crippen LogP contribution in [0.15, 0.2) is 29.2 Å². The first-order valence-electron chi connectivity index (χ1n) is 5.68. The molecule has 0 bridgehead atoms. The number of hydrogen-bond donors (Lipinski definition) is 2. The molecule has 0 aliphatic heterocycles. The second kappa shape index (κ2) is 6.81. The van der Waals surface area contributed by atoms with Crippen molar-refractivity contribution in [1.29, 1.82) is 0 Å². The monoisotopic (exact) mass is 292 g/mol. The number of carbonyl (C=O) groups is 1. The second-order valence-electron chi connectivity index (χ2n) is 4.11. The number of nitrogens with two attached hydrogens (primary N) is 1. The molecule has 0 saturated heterocycles. The van der Waals surface area contributed by atoms with Crippen molar-refractivity contribution in [3.05, 3.63) is 24.3 Å². The van der Waals surface area contributed by atoms with Gasteiger partial charge in [-0.25, -0.2) is 0 Å². The van der Waals surface area contributed by atoms with Gasteiger partial charge in [0.25, 0.3) is 0 Å². The minimum atomic E-state index is -4.38. The highest BCUT2D eigenvalue weighted by Crippen LogP contribution is 2.40. The Morgan fingerprint density at radius 2 is 2.05 bits per heavy atom. The minimum absolute atomic E-state index is 0.0239. The number of benzene rings is 1. The lowest BCUT2D eigenvalue weighted by molar-refractivity contribution is -0.116. The quantitative estimate of drug-likeness (QED) is 0.818. The van der Waals surface area contributed by atoms with Gasteiger partial charge >= 0.3 is 5.51 Å². The van der Waals surface area contributed by atoms with Gasteiger partial charge in [0.1, 0.15) is 0 Å². The Kier molecular flexibility index (Phi) is 5.68. The molecule has 1 rings (SSSR count). The SMILES string of the molecule is CC(N)CCC(=O)Nc1ccccc1SC(F)(F)F. The number of thioether (sulfide) groups is 1. The molecule has 0 spiro atoms. The second-order valence-corrected chi connectivity index (χ2v) is 5.21. The molecule has 7 heteroatoms. The van der Waals surface area contributed by atoms with E-state index in [0.29, 0.717) is 6.42 Å². The molecule has 19 heavy (non-hydrogen) atoms. The van der Waals surface area contributed by atoms with E-state index in [1.807, 2.05) is 0 Å². The van der Waals surface area contributed by atoms with Crippen LogP contribution in [0.2, 0.25) is 0 Å². The zero-order valence-electron chi connectivity index (χ0n) is 10.3. The van der Waals surface area contributed by atoms with E-state index in [-0.39, 0.29) is 40.7 Å². The third kappa shape index (κ3) is 6.49. The van der Waals surface area contributed by atoms with Crippen molar-refractivity contribution in [3.63, 3.8) is 0 Å². The lowest BCUT2D eigenvalue weighted by atomic mass is 10.2. The number of anilines is 1. The molecule has 0 aliphatic rings. The van der Waals surface area contributed by atoms with Crippen LogP contribution in [0.1, 0.15) is 19.8 Å². The smallest absolute Gasteiger partial charge is 0.328 e. The Morgan fingerprint density at radius 1 is 1.42 bits per heavy atom. The van der Waals surface area contributed by atoms with Gasteiger partial charge in [-0.1, -0.05) is 12.1 Å². The van der Waals surface area contributed by atoms with Crippen LogP contribution in [-0.4, -0.2) is 17.5 Å².